The van der Waals surface area contributed by atoms with Crippen molar-refractivity contribution in [3.63, 3.8) is 0 Å². The summed E-state index contributed by atoms with van der Waals surface area (Å²) in [6.07, 6.45) is 0. The van der Waals surface area contributed by atoms with Crippen LogP contribution >= 0.6 is 15.9 Å². The van der Waals surface area contributed by atoms with Crippen LogP contribution in [-0.2, 0) is 0 Å². The van der Waals surface area contributed by atoms with E-state index in [1.807, 2.05) is 0 Å². The van der Waals surface area contributed by atoms with Crippen LogP contribution in [-0.4, -0.2) is 28.9 Å². The van der Waals surface area contributed by atoms with Crippen LogP contribution in [0.5, 0.6) is 11.5 Å². The highest BCUT2D eigenvalue weighted by atomic mass is 79.9. The number of hydrogen-bond acceptors (Lipinski definition) is 6. The van der Waals surface area contributed by atoms with E-state index in [-0.39, 0.29) is 21.5 Å². The lowest BCUT2D eigenvalue weighted by atomic mass is 10.0. The van der Waals surface area contributed by atoms with Crippen LogP contribution in [0.3, 0.4) is 0 Å². The molecule has 1 rings (SSSR count). The molecule has 0 fully saturated rings. The molecule has 0 aliphatic rings. The fraction of sp³-hybridized carbons (Fsp3) is 0.333. The van der Waals surface area contributed by atoms with Crippen LogP contribution in [0.2, 0.25) is 0 Å². The molecule has 0 heterocycles. The summed E-state index contributed by atoms with van der Waals surface area (Å²) >= 11 is 3.03. The maximum Gasteiger partial charge on any atom is 0.319 e. The van der Waals surface area contributed by atoms with E-state index in [0.29, 0.717) is 0 Å². The molecule has 17 heavy (non-hydrogen) atoms. The Morgan fingerprint density at radius 1 is 1.71 bits per heavy atom. The highest BCUT2D eigenvalue weighted by Crippen LogP contribution is 2.45. The number of rotatable bonds is 4. The minimum atomic E-state index is -0.929. The lowest BCUT2D eigenvalue weighted by Crippen LogP contribution is -2.16. The van der Waals surface area contributed by atoms with Crippen LogP contribution in [0.1, 0.15) is 11.6 Å². The van der Waals surface area contributed by atoms with Crippen molar-refractivity contribution in [2.45, 2.75) is 6.04 Å². The molecule has 1 atom stereocenters. The van der Waals surface area contributed by atoms with Crippen molar-refractivity contribution in [3.8, 4) is 11.5 Å². The first-order chi connectivity index (χ1) is 7.93. The van der Waals surface area contributed by atoms with Gasteiger partial charge in [0.05, 0.1) is 34.7 Å². The molecule has 0 saturated heterocycles. The van der Waals surface area contributed by atoms with E-state index < -0.39 is 23.3 Å². The van der Waals surface area contributed by atoms with Gasteiger partial charge in [0.25, 0.3) is 0 Å². The van der Waals surface area contributed by atoms with Crippen molar-refractivity contribution in [1.82, 2.24) is 0 Å². The zero-order chi connectivity index (χ0) is 13.2. The number of hydrogen-bond donors (Lipinski definition) is 3. The van der Waals surface area contributed by atoms with Crippen LogP contribution in [0.4, 0.5) is 5.69 Å². The van der Waals surface area contributed by atoms with Crippen molar-refractivity contribution < 1.29 is 19.9 Å². The van der Waals surface area contributed by atoms with Gasteiger partial charge in [-0.15, -0.1) is 0 Å². The Morgan fingerprint density at radius 3 is 2.71 bits per heavy atom. The Balaban J connectivity index is 3.59. The second-order valence-electron chi connectivity index (χ2n) is 3.22. The molecule has 8 heteroatoms. The normalized spacial score (nSPS) is 12.2. The first-order valence-corrected chi connectivity index (χ1v) is 5.33. The Bertz CT molecular complexity index is 452. The predicted molar refractivity (Wildman–Crippen MR) is 63.0 cm³/mol. The number of halogens is 1. The summed E-state index contributed by atoms with van der Waals surface area (Å²) in [5, 5.41) is 29.5. The second kappa shape index (κ2) is 5.30. The van der Waals surface area contributed by atoms with Gasteiger partial charge in [-0.25, -0.2) is 0 Å². The molecule has 0 saturated carbocycles. The van der Waals surface area contributed by atoms with Gasteiger partial charge in [0.15, 0.2) is 5.75 Å². The summed E-state index contributed by atoms with van der Waals surface area (Å²) in [6, 6.07) is 0.359. The van der Waals surface area contributed by atoms with Crippen LogP contribution in [0, 0.1) is 10.1 Å². The molecule has 0 bridgehead atoms. The number of benzene rings is 1. The number of aliphatic hydroxyl groups excluding tert-OH is 1. The standard InChI is InChI=1S/C9H11BrN2O5/c1-17-9-7(12(15)16)4(6(11)3-13)2-5(10)8(9)14/h2,6,13-14H,3,11H2,1H3/t6-/m1/s1. The van der Waals surface area contributed by atoms with Crippen LogP contribution in [0.25, 0.3) is 0 Å². The largest absolute Gasteiger partial charge is 0.503 e. The third-order valence-corrected chi connectivity index (χ3v) is 2.80. The number of ether oxygens (including phenoxy) is 1. The lowest BCUT2D eigenvalue weighted by Gasteiger charge is -2.13. The van der Waals surface area contributed by atoms with Crippen molar-refractivity contribution >= 4 is 21.6 Å². The predicted octanol–water partition coefficient (Wildman–Crippen LogP) is 1.06. The fourth-order valence-electron chi connectivity index (χ4n) is 1.39. The molecule has 94 valence electrons. The maximum absolute atomic E-state index is 10.9. The van der Waals surface area contributed by atoms with Gasteiger partial charge in [-0.1, -0.05) is 0 Å². The Kier molecular flexibility index (Phi) is 4.27. The minimum Gasteiger partial charge on any atom is -0.503 e. The number of nitrogens with two attached hydrogens (primary N) is 1. The van der Waals surface area contributed by atoms with Gasteiger partial charge in [0.2, 0.25) is 5.75 Å². The summed E-state index contributed by atoms with van der Waals surface area (Å²) in [6.45, 7) is -0.457. The molecule has 0 aliphatic heterocycles. The Morgan fingerprint density at radius 2 is 2.29 bits per heavy atom. The Labute approximate surface area is 105 Å². The van der Waals surface area contributed by atoms with Gasteiger partial charge in [-0.05, 0) is 22.0 Å². The zero-order valence-corrected chi connectivity index (χ0v) is 10.5. The van der Waals surface area contributed by atoms with Crippen molar-refractivity contribution in [1.29, 1.82) is 0 Å². The number of methoxy groups -OCH3 is 1. The molecule has 4 N–H and O–H groups in total. The molecule has 7 nitrogen and oxygen atoms in total. The monoisotopic (exact) mass is 306 g/mol. The summed E-state index contributed by atoms with van der Waals surface area (Å²) in [4.78, 5) is 10.2. The van der Waals surface area contributed by atoms with Crippen molar-refractivity contribution in [3.05, 3.63) is 26.2 Å². The van der Waals surface area contributed by atoms with E-state index >= 15 is 0 Å². The number of nitro groups is 1. The average Bonchev–Trinajstić information content (AvgIpc) is 2.30. The van der Waals surface area contributed by atoms with Gasteiger partial charge in [-0.3, -0.25) is 10.1 Å². The minimum absolute atomic E-state index is 0.0824. The van der Waals surface area contributed by atoms with Crippen molar-refractivity contribution in [2.24, 2.45) is 5.73 Å². The summed E-state index contributed by atoms with van der Waals surface area (Å²) in [5.41, 5.74) is 5.20. The van der Waals surface area contributed by atoms with E-state index in [4.69, 9.17) is 15.6 Å². The first kappa shape index (κ1) is 13.7. The number of nitrogens with zero attached hydrogens (tertiary/aromatic N) is 1. The zero-order valence-electron chi connectivity index (χ0n) is 8.88. The van der Waals surface area contributed by atoms with E-state index in [0.717, 1.165) is 0 Å². The van der Waals surface area contributed by atoms with Gasteiger partial charge < -0.3 is 20.7 Å². The molecule has 0 spiro atoms. The second-order valence-corrected chi connectivity index (χ2v) is 4.08. The van der Waals surface area contributed by atoms with Crippen molar-refractivity contribution in [2.75, 3.05) is 13.7 Å². The number of aliphatic hydroxyl groups is 1. The quantitative estimate of drug-likeness (QED) is 0.565. The number of nitro benzene ring substituents is 1. The van der Waals surface area contributed by atoms with Gasteiger partial charge in [0.1, 0.15) is 0 Å². The highest BCUT2D eigenvalue weighted by Gasteiger charge is 2.29. The molecular formula is C9H11BrN2O5. The third-order valence-electron chi connectivity index (χ3n) is 2.19. The van der Waals surface area contributed by atoms with Gasteiger partial charge in [-0.2, -0.15) is 0 Å². The highest BCUT2D eigenvalue weighted by molar-refractivity contribution is 9.10. The molecular weight excluding hydrogens is 296 g/mol. The lowest BCUT2D eigenvalue weighted by molar-refractivity contribution is -0.386. The number of aromatic hydroxyl groups is 1. The van der Waals surface area contributed by atoms with E-state index in [9.17, 15) is 15.2 Å². The summed E-state index contributed by atoms with van der Waals surface area (Å²) < 4.78 is 5.00. The fourth-order valence-corrected chi connectivity index (χ4v) is 1.81. The smallest absolute Gasteiger partial charge is 0.319 e. The molecule has 0 unspecified atom stereocenters. The SMILES string of the molecule is COc1c(O)c(Br)cc([C@H](N)CO)c1[N+](=O)[O-]. The first-order valence-electron chi connectivity index (χ1n) is 4.54. The Hall–Kier alpha value is -1.38. The molecule has 0 amide bonds. The summed E-state index contributed by atoms with van der Waals surface area (Å²) in [7, 11) is 1.20. The third kappa shape index (κ3) is 2.48. The maximum atomic E-state index is 10.9. The summed E-state index contributed by atoms with van der Waals surface area (Å²) in [5.74, 6) is -0.670. The van der Waals surface area contributed by atoms with Gasteiger partial charge >= 0.3 is 5.69 Å². The van der Waals surface area contributed by atoms with Crippen LogP contribution in [0.15, 0.2) is 10.5 Å². The topological polar surface area (TPSA) is 119 Å². The molecule has 1 aromatic rings. The average molecular weight is 307 g/mol. The number of phenolic OH excluding ortho intramolecular Hbond substituents is 1. The number of phenols is 1. The van der Waals surface area contributed by atoms with E-state index in [1.165, 1.54) is 13.2 Å². The molecule has 0 aromatic heterocycles. The molecule has 0 radical (unpaired) electrons. The van der Waals surface area contributed by atoms with E-state index in [1.54, 1.807) is 0 Å². The van der Waals surface area contributed by atoms with E-state index in [2.05, 4.69) is 15.9 Å². The van der Waals surface area contributed by atoms with Gasteiger partial charge in [0, 0.05) is 0 Å². The molecule has 1 aromatic carbocycles. The molecule has 0 aliphatic carbocycles. The van der Waals surface area contributed by atoms with Crippen LogP contribution < -0.4 is 10.5 Å².